The van der Waals surface area contributed by atoms with E-state index < -0.39 is 0 Å². The predicted molar refractivity (Wildman–Crippen MR) is 77.7 cm³/mol. The van der Waals surface area contributed by atoms with Gasteiger partial charge in [0.05, 0.1) is 6.04 Å². The second-order valence-corrected chi connectivity index (χ2v) is 6.66. The molecule has 2 atom stereocenters. The monoisotopic (exact) mass is 270 g/mol. The van der Waals surface area contributed by atoms with Crippen LogP contribution in [0.5, 0.6) is 0 Å². The van der Waals surface area contributed by atoms with Gasteiger partial charge in [-0.3, -0.25) is 4.79 Å². The van der Waals surface area contributed by atoms with E-state index >= 15 is 0 Å². The summed E-state index contributed by atoms with van der Waals surface area (Å²) >= 11 is 1.77. The van der Waals surface area contributed by atoms with Crippen LogP contribution in [0.15, 0.2) is 0 Å². The van der Waals surface area contributed by atoms with Crippen molar-refractivity contribution in [1.82, 2.24) is 4.90 Å². The lowest BCUT2D eigenvalue weighted by atomic mass is 9.95. The quantitative estimate of drug-likeness (QED) is 0.833. The van der Waals surface area contributed by atoms with Crippen molar-refractivity contribution >= 4 is 17.7 Å². The van der Waals surface area contributed by atoms with Gasteiger partial charge < -0.3 is 10.6 Å². The van der Waals surface area contributed by atoms with Gasteiger partial charge in [0.1, 0.15) is 0 Å². The second kappa shape index (κ2) is 6.80. The third-order valence-corrected chi connectivity index (χ3v) is 5.12. The first-order valence-corrected chi connectivity index (χ1v) is 8.68. The van der Waals surface area contributed by atoms with E-state index in [2.05, 4.69) is 11.2 Å². The maximum Gasteiger partial charge on any atom is 0.239 e. The maximum atomic E-state index is 12.4. The summed E-state index contributed by atoms with van der Waals surface area (Å²) in [5.41, 5.74) is 6.04. The Labute approximate surface area is 115 Å². The number of hydrogen-bond donors (Lipinski definition) is 1. The lowest BCUT2D eigenvalue weighted by Gasteiger charge is -2.31. The number of hydrogen-bond acceptors (Lipinski definition) is 3. The zero-order valence-electron chi connectivity index (χ0n) is 11.4. The summed E-state index contributed by atoms with van der Waals surface area (Å²) in [7, 11) is 0. The Morgan fingerprint density at radius 1 is 1.33 bits per heavy atom. The highest BCUT2D eigenvalue weighted by molar-refractivity contribution is 7.98. The molecule has 1 amide bonds. The van der Waals surface area contributed by atoms with E-state index in [1.54, 1.807) is 11.8 Å². The fraction of sp³-hybridized carbons (Fsp3) is 0.929. The number of likely N-dealkylation sites (tertiary alicyclic amines) is 1. The summed E-state index contributed by atoms with van der Waals surface area (Å²) in [6.45, 7) is 0.937. The van der Waals surface area contributed by atoms with Crippen LogP contribution < -0.4 is 5.73 Å². The molecule has 0 radical (unpaired) electrons. The molecule has 0 aromatic rings. The van der Waals surface area contributed by atoms with Crippen LogP contribution in [0.1, 0.15) is 44.9 Å². The third-order valence-electron chi connectivity index (χ3n) is 4.48. The molecule has 0 bridgehead atoms. The zero-order valence-corrected chi connectivity index (χ0v) is 12.3. The molecule has 0 spiro atoms. The Balaban J connectivity index is 1.91. The molecule has 1 aliphatic heterocycles. The Morgan fingerprint density at radius 2 is 2.06 bits per heavy atom. The first-order chi connectivity index (χ1) is 8.74. The Hall–Kier alpha value is -0.220. The maximum absolute atomic E-state index is 12.4. The van der Waals surface area contributed by atoms with E-state index in [0.717, 1.165) is 24.6 Å². The van der Waals surface area contributed by atoms with E-state index in [-0.39, 0.29) is 11.9 Å². The third kappa shape index (κ3) is 3.21. The second-order valence-electron chi connectivity index (χ2n) is 5.67. The highest BCUT2D eigenvalue weighted by Gasteiger charge is 2.37. The van der Waals surface area contributed by atoms with Gasteiger partial charge in [0.15, 0.2) is 0 Å². The van der Waals surface area contributed by atoms with E-state index in [9.17, 15) is 4.79 Å². The molecule has 0 aromatic carbocycles. The first kappa shape index (κ1) is 14.2. The molecule has 1 saturated heterocycles. The lowest BCUT2D eigenvalue weighted by molar-refractivity contribution is -0.134. The normalized spacial score (nSPS) is 26.8. The van der Waals surface area contributed by atoms with Crippen LogP contribution in [0.4, 0.5) is 0 Å². The Bertz CT molecular complexity index is 279. The summed E-state index contributed by atoms with van der Waals surface area (Å²) in [5, 5.41) is 0. The summed E-state index contributed by atoms with van der Waals surface area (Å²) in [6.07, 6.45) is 10.6. The van der Waals surface area contributed by atoms with Crippen LogP contribution in [-0.2, 0) is 4.79 Å². The number of carbonyl (C=O) groups is 1. The zero-order chi connectivity index (χ0) is 13.0. The van der Waals surface area contributed by atoms with Crippen LogP contribution in [0, 0.1) is 5.92 Å². The summed E-state index contributed by atoms with van der Waals surface area (Å²) in [6, 6.07) is 0.222. The molecule has 104 valence electrons. The van der Waals surface area contributed by atoms with Gasteiger partial charge >= 0.3 is 0 Å². The number of amides is 1. The van der Waals surface area contributed by atoms with Crippen molar-refractivity contribution < 1.29 is 4.79 Å². The largest absolute Gasteiger partial charge is 0.338 e. The topological polar surface area (TPSA) is 46.3 Å². The van der Waals surface area contributed by atoms with Crippen molar-refractivity contribution in [2.75, 3.05) is 18.6 Å². The summed E-state index contributed by atoms with van der Waals surface area (Å²) in [4.78, 5) is 14.5. The molecule has 1 heterocycles. The average molecular weight is 270 g/mol. The van der Waals surface area contributed by atoms with Gasteiger partial charge in [-0.1, -0.05) is 12.8 Å². The molecule has 2 N–H and O–H groups in total. The van der Waals surface area contributed by atoms with E-state index in [0.29, 0.717) is 6.04 Å². The lowest BCUT2D eigenvalue weighted by Crippen LogP contribution is -2.48. The van der Waals surface area contributed by atoms with Crippen LogP contribution in [0.25, 0.3) is 0 Å². The molecular weight excluding hydrogens is 244 g/mol. The van der Waals surface area contributed by atoms with Crippen LogP contribution in [0.3, 0.4) is 0 Å². The first-order valence-electron chi connectivity index (χ1n) is 7.29. The number of thioether (sulfide) groups is 1. The molecule has 3 nitrogen and oxygen atoms in total. The average Bonchev–Trinajstić information content (AvgIpc) is 3.03. The smallest absolute Gasteiger partial charge is 0.239 e. The molecular formula is C14H26N2OS. The number of carbonyl (C=O) groups excluding carboxylic acids is 1. The van der Waals surface area contributed by atoms with Crippen molar-refractivity contribution in [3.63, 3.8) is 0 Å². The molecule has 2 rings (SSSR count). The van der Waals surface area contributed by atoms with Crippen LogP contribution in [0.2, 0.25) is 0 Å². The molecule has 1 unspecified atom stereocenters. The van der Waals surface area contributed by atoms with Gasteiger partial charge in [-0.15, -0.1) is 0 Å². The standard InChI is InChI=1S/C14H26N2OS/c1-18-10-8-12(15)14(17)16-9-4-7-13(16)11-5-2-3-6-11/h11-13H,2-10,15H2,1H3/t12-,13?/m1/s1. The van der Waals surface area contributed by atoms with E-state index in [1.807, 2.05) is 0 Å². The minimum Gasteiger partial charge on any atom is -0.338 e. The van der Waals surface area contributed by atoms with Crippen molar-refractivity contribution in [3.05, 3.63) is 0 Å². The van der Waals surface area contributed by atoms with Crippen LogP contribution >= 0.6 is 11.8 Å². The van der Waals surface area contributed by atoms with Gasteiger partial charge in [0.2, 0.25) is 5.91 Å². The molecule has 1 aliphatic carbocycles. The highest BCUT2D eigenvalue weighted by atomic mass is 32.2. The number of rotatable bonds is 5. The van der Waals surface area contributed by atoms with Crippen molar-refractivity contribution in [2.24, 2.45) is 11.7 Å². The van der Waals surface area contributed by atoms with Crippen LogP contribution in [-0.4, -0.2) is 41.4 Å². The highest BCUT2D eigenvalue weighted by Crippen LogP contribution is 2.35. The van der Waals surface area contributed by atoms with Crippen molar-refractivity contribution in [1.29, 1.82) is 0 Å². The summed E-state index contributed by atoms with van der Waals surface area (Å²) in [5.74, 6) is 1.94. The van der Waals surface area contributed by atoms with Crippen molar-refractivity contribution in [3.8, 4) is 0 Å². The van der Waals surface area contributed by atoms with Crippen molar-refractivity contribution in [2.45, 2.75) is 57.0 Å². The molecule has 2 aliphatic rings. The molecule has 0 aromatic heterocycles. The Kier molecular flexibility index (Phi) is 5.37. The van der Waals surface area contributed by atoms with Gasteiger partial charge in [0.25, 0.3) is 0 Å². The number of nitrogens with two attached hydrogens (primary N) is 1. The molecule has 4 heteroatoms. The number of nitrogens with zero attached hydrogens (tertiary/aromatic N) is 1. The summed E-state index contributed by atoms with van der Waals surface area (Å²) < 4.78 is 0. The molecule has 18 heavy (non-hydrogen) atoms. The fourth-order valence-electron chi connectivity index (χ4n) is 3.48. The molecule has 2 fully saturated rings. The predicted octanol–water partition coefficient (Wildman–Crippen LogP) is 2.25. The van der Waals surface area contributed by atoms with E-state index in [1.165, 1.54) is 38.5 Å². The fourth-order valence-corrected chi connectivity index (χ4v) is 3.97. The van der Waals surface area contributed by atoms with Gasteiger partial charge in [0, 0.05) is 12.6 Å². The van der Waals surface area contributed by atoms with Gasteiger partial charge in [-0.25, -0.2) is 0 Å². The van der Waals surface area contributed by atoms with Gasteiger partial charge in [-0.2, -0.15) is 11.8 Å². The Morgan fingerprint density at radius 3 is 2.72 bits per heavy atom. The molecule has 1 saturated carbocycles. The minimum atomic E-state index is -0.278. The minimum absolute atomic E-state index is 0.207. The van der Waals surface area contributed by atoms with E-state index in [4.69, 9.17) is 5.73 Å². The SMILES string of the molecule is CSCC[C@@H](N)C(=O)N1CCCC1C1CCCC1. The van der Waals surface area contributed by atoms with Gasteiger partial charge in [-0.05, 0) is 50.0 Å².